The van der Waals surface area contributed by atoms with Crippen molar-refractivity contribution in [1.29, 1.82) is 0 Å². The van der Waals surface area contributed by atoms with Gasteiger partial charge in [-0.2, -0.15) is 0 Å². The molecule has 0 aliphatic carbocycles. The molecule has 4 heteroatoms. The number of anilines is 2. The fourth-order valence-electron chi connectivity index (χ4n) is 2.42. The van der Waals surface area contributed by atoms with Crippen LogP contribution in [0.4, 0.5) is 11.4 Å². The van der Waals surface area contributed by atoms with Gasteiger partial charge < -0.3 is 10.2 Å². The molecule has 2 rings (SSSR count). The molecule has 0 radical (unpaired) electrons. The third kappa shape index (κ3) is 4.55. The molecule has 0 saturated carbocycles. The van der Waals surface area contributed by atoms with Crippen LogP contribution in [0.25, 0.3) is 0 Å². The fraction of sp³-hybridized carbons (Fsp3) is 0.368. The Kier molecular flexibility index (Phi) is 5.04. The smallest absolute Gasteiger partial charge is 0.253 e. The lowest BCUT2D eigenvalue weighted by atomic mass is 10.1. The van der Waals surface area contributed by atoms with Crippen molar-refractivity contribution in [1.82, 2.24) is 10.3 Å². The molecule has 1 aromatic carbocycles. The average Bonchev–Trinajstić information content (AvgIpc) is 2.47. The van der Waals surface area contributed by atoms with E-state index in [0.717, 1.165) is 17.9 Å². The standard InChI is InChI=1S/C19H25N3O/c1-6-22(16-9-7-8-14(2)10-16)17-11-15(12-20-13-17)18(23)21-19(3,4)5/h7-13H,6H2,1-5H3,(H,21,23). The van der Waals surface area contributed by atoms with Gasteiger partial charge in [-0.3, -0.25) is 9.78 Å². The predicted octanol–water partition coefficient (Wildman–Crippen LogP) is 4.08. The summed E-state index contributed by atoms with van der Waals surface area (Å²) >= 11 is 0. The fourth-order valence-corrected chi connectivity index (χ4v) is 2.42. The number of carbonyl (C=O) groups is 1. The molecule has 0 aliphatic heterocycles. The minimum atomic E-state index is -0.270. The number of hydrogen-bond acceptors (Lipinski definition) is 3. The zero-order chi connectivity index (χ0) is 17.0. The molecule has 4 nitrogen and oxygen atoms in total. The highest BCUT2D eigenvalue weighted by atomic mass is 16.1. The van der Waals surface area contributed by atoms with Crippen molar-refractivity contribution in [2.75, 3.05) is 11.4 Å². The molecular formula is C19H25N3O. The van der Waals surface area contributed by atoms with Gasteiger partial charge in [0.25, 0.3) is 5.91 Å². The Morgan fingerprint density at radius 1 is 1.17 bits per heavy atom. The lowest BCUT2D eigenvalue weighted by Crippen LogP contribution is -2.40. The molecule has 0 spiro atoms. The van der Waals surface area contributed by atoms with E-state index in [4.69, 9.17) is 0 Å². The molecule has 0 saturated heterocycles. The Morgan fingerprint density at radius 2 is 1.91 bits per heavy atom. The first-order chi connectivity index (χ1) is 10.8. The van der Waals surface area contributed by atoms with E-state index in [-0.39, 0.29) is 11.4 Å². The Labute approximate surface area is 138 Å². The van der Waals surface area contributed by atoms with Gasteiger partial charge in [-0.1, -0.05) is 12.1 Å². The topological polar surface area (TPSA) is 45.2 Å². The largest absolute Gasteiger partial charge is 0.347 e. The highest BCUT2D eigenvalue weighted by Crippen LogP contribution is 2.25. The maximum absolute atomic E-state index is 12.3. The molecular weight excluding hydrogens is 286 g/mol. The molecule has 23 heavy (non-hydrogen) atoms. The first-order valence-corrected chi connectivity index (χ1v) is 7.92. The van der Waals surface area contributed by atoms with E-state index in [2.05, 4.69) is 47.2 Å². The van der Waals surface area contributed by atoms with Crippen LogP contribution in [0.15, 0.2) is 42.7 Å². The average molecular weight is 311 g/mol. The van der Waals surface area contributed by atoms with Gasteiger partial charge >= 0.3 is 0 Å². The van der Waals surface area contributed by atoms with Crippen LogP contribution < -0.4 is 10.2 Å². The number of amides is 1. The number of benzene rings is 1. The number of nitrogens with one attached hydrogen (secondary N) is 1. The lowest BCUT2D eigenvalue weighted by molar-refractivity contribution is 0.0919. The van der Waals surface area contributed by atoms with Crippen molar-refractivity contribution >= 4 is 17.3 Å². The van der Waals surface area contributed by atoms with Gasteiger partial charge in [-0.25, -0.2) is 0 Å². The molecule has 1 heterocycles. The molecule has 0 aliphatic rings. The number of pyridine rings is 1. The molecule has 122 valence electrons. The van der Waals surface area contributed by atoms with Crippen LogP contribution in [0.5, 0.6) is 0 Å². The molecule has 0 fully saturated rings. The van der Waals surface area contributed by atoms with Gasteiger partial charge in [0.1, 0.15) is 0 Å². The Bertz CT molecular complexity index is 689. The number of hydrogen-bond donors (Lipinski definition) is 1. The van der Waals surface area contributed by atoms with E-state index in [1.807, 2.05) is 32.9 Å². The SMILES string of the molecule is CCN(c1cccc(C)c1)c1cncc(C(=O)NC(C)(C)C)c1. The normalized spacial score (nSPS) is 11.2. The molecule has 1 N–H and O–H groups in total. The van der Waals surface area contributed by atoms with E-state index in [1.165, 1.54) is 5.56 Å². The van der Waals surface area contributed by atoms with Gasteiger partial charge in [-0.05, 0) is 58.4 Å². The van der Waals surface area contributed by atoms with E-state index in [1.54, 1.807) is 12.4 Å². The second-order valence-electron chi connectivity index (χ2n) is 6.72. The first-order valence-electron chi connectivity index (χ1n) is 7.92. The molecule has 0 atom stereocenters. The van der Waals surface area contributed by atoms with Gasteiger partial charge in [0.05, 0.1) is 17.4 Å². The number of nitrogens with zero attached hydrogens (tertiary/aromatic N) is 2. The summed E-state index contributed by atoms with van der Waals surface area (Å²) in [5.74, 6) is -0.104. The Morgan fingerprint density at radius 3 is 2.52 bits per heavy atom. The van der Waals surface area contributed by atoms with Gasteiger partial charge in [0, 0.05) is 24.0 Å². The van der Waals surface area contributed by atoms with E-state index in [9.17, 15) is 4.79 Å². The van der Waals surface area contributed by atoms with Gasteiger partial charge in [0.15, 0.2) is 0 Å². The minimum Gasteiger partial charge on any atom is -0.347 e. The predicted molar refractivity (Wildman–Crippen MR) is 95.3 cm³/mol. The van der Waals surface area contributed by atoms with Crippen molar-refractivity contribution in [3.63, 3.8) is 0 Å². The minimum absolute atomic E-state index is 0.104. The molecule has 2 aromatic rings. The molecule has 0 unspecified atom stereocenters. The summed E-state index contributed by atoms with van der Waals surface area (Å²) in [5.41, 5.74) is 3.52. The number of rotatable bonds is 4. The third-order valence-corrected chi connectivity index (χ3v) is 3.42. The third-order valence-electron chi connectivity index (χ3n) is 3.42. The summed E-state index contributed by atoms with van der Waals surface area (Å²) in [6.07, 6.45) is 3.40. The highest BCUT2D eigenvalue weighted by molar-refractivity contribution is 5.95. The van der Waals surface area contributed by atoms with Crippen molar-refractivity contribution in [3.8, 4) is 0 Å². The van der Waals surface area contributed by atoms with E-state index in [0.29, 0.717) is 5.56 Å². The maximum Gasteiger partial charge on any atom is 0.253 e. The van der Waals surface area contributed by atoms with Crippen LogP contribution in [-0.4, -0.2) is 23.0 Å². The zero-order valence-corrected chi connectivity index (χ0v) is 14.6. The van der Waals surface area contributed by atoms with Crippen LogP contribution >= 0.6 is 0 Å². The number of aromatic nitrogens is 1. The van der Waals surface area contributed by atoms with Crippen LogP contribution in [0.3, 0.4) is 0 Å². The summed E-state index contributed by atoms with van der Waals surface area (Å²) in [7, 11) is 0. The van der Waals surface area contributed by atoms with Crippen molar-refractivity contribution < 1.29 is 4.79 Å². The molecule has 1 aromatic heterocycles. The van der Waals surface area contributed by atoms with Crippen LogP contribution in [0.1, 0.15) is 43.6 Å². The monoisotopic (exact) mass is 311 g/mol. The Balaban J connectivity index is 2.32. The summed E-state index contributed by atoms with van der Waals surface area (Å²) in [5, 5.41) is 2.97. The van der Waals surface area contributed by atoms with Crippen molar-refractivity contribution in [3.05, 3.63) is 53.9 Å². The lowest BCUT2D eigenvalue weighted by Gasteiger charge is -2.24. The second kappa shape index (κ2) is 6.82. The summed E-state index contributed by atoms with van der Waals surface area (Å²) < 4.78 is 0. The second-order valence-corrected chi connectivity index (χ2v) is 6.72. The Hall–Kier alpha value is -2.36. The zero-order valence-electron chi connectivity index (χ0n) is 14.6. The first kappa shape index (κ1) is 17.0. The van der Waals surface area contributed by atoms with Gasteiger partial charge in [0.2, 0.25) is 0 Å². The number of aryl methyl sites for hydroxylation is 1. The van der Waals surface area contributed by atoms with Crippen LogP contribution in [0.2, 0.25) is 0 Å². The molecule has 0 bridgehead atoms. The summed E-state index contributed by atoms with van der Waals surface area (Å²) in [4.78, 5) is 18.7. The van der Waals surface area contributed by atoms with Crippen LogP contribution in [0, 0.1) is 6.92 Å². The van der Waals surface area contributed by atoms with E-state index >= 15 is 0 Å². The summed E-state index contributed by atoms with van der Waals surface area (Å²) in [6, 6.07) is 10.2. The quantitative estimate of drug-likeness (QED) is 0.925. The van der Waals surface area contributed by atoms with Crippen molar-refractivity contribution in [2.24, 2.45) is 0 Å². The molecule has 1 amide bonds. The van der Waals surface area contributed by atoms with Crippen molar-refractivity contribution in [2.45, 2.75) is 40.2 Å². The highest BCUT2D eigenvalue weighted by Gasteiger charge is 2.17. The van der Waals surface area contributed by atoms with E-state index < -0.39 is 0 Å². The summed E-state index contributed by atoms with van der Waals surface area (Å²) in [6.45, 7) is 10.9. The number of carbonyl (C=O) groups excluding carboxylic acids is 1. The maximum atomic E-state index is 12.3. The van der Waals surface area contributed by atoms with Gasteiger partial charge in [-0.15, -0.1) is 0 Å². The van der Waals surface area contributed by atoms with Crippen LogP contribution in [-0.2, 0) is 0 Å².